The number of aliphatic hydroxyl groups excluding tert-OH is 6. The van der Waals surface area contributed by atoms with Crippen LogP contribution in [0.1, 0.15) is 58.8 Å². The summed E-state index contributed by atoms with van der Waals surface area (Å²) in [6.45, 7) is 2.30. The lowest BCUT2D eigenvalue weighted by Gasteiger charge is -2.35. The summed E-state index contributed by atoms with van der Waals surface area (Å²) in [6.07, 6.45) is -3.40. The first-order valence-corrected chi connectivity index (χ1v) is 11.3. The van der Waals surface area contributed by atoms with Crippen LogP contribution in [0.15, 0.2) is 0 Å². The van der Waals surface area contributed by atoms with Crippen LogP contribution in [0.25, 0.3) is 0 Å². The molecule has 190 valence electrons. The zero-order chi connectivity index (χ0) is 24.1. The molecule has 1 aliphatic rings. The quantitative estimate of drug-likeness (QED) is 0.0948. The molecule has 11 heteroatoms. The summed E-state index contributed by atoms with van der Waals surface area (Å²) in [5.41, 5.74) is 0. The molecule has 8 atom stereocenters. The van der Waals surface area contributed by atoms with Crippen molar-refractivity contribution < 1.29 is 54.4 Å². The number of carbonyl (C=O) groups is 1. The number of ether oxygens (including phenoxy) is 4. The first kappa shape index (κ1) is 29.1. The Bertz CT molecular complexity index is 506. The Hall–Kier alpha value is -0.890. The van der Waals surface area contributed by atoms with Crippen molar-refractivity contribution in [2.75, 3.05) is 19.8 Å². The molecule has 1 aliphatic heterocycles. The molecular weight excluding hydrogens is 428 g/mol. The average molecular weight is 469 g/mol. The molecular formula is C21H40O11. The van der Waals surface area contributed by atoms with E-state index in [1.807, 2.05) is 0 Å². The van der Waals surface area contributed by atoms with Crippen LogP contribution in [-0.2, 0) is 23.7 Å². The average Bonchev–Trinajstić information content (AvgIpc) is 2.75. The molecule has 5 unspecified atom stereocenters. The molecule has 1 rings (SSSR count). The molecule has 0 aromatic heterocycles. The summed E-state index contributed by atoms with van der Waals surface area (Å²) >= 11 is 0. The monoisotopic (exact) mass is 468 g/mol. The van der Waals surface area contributed by atoms with Gasteiger partial charge < -0.3 is 49.6 Å². The molecule has 0 aromatic carbocycles. The Morgan fingerprint density at radius 3 is 2.34 bits per heavy atom. The van der Waals surface area contributed by atoms with Crippen molar-refractivity contribution in [2.24, 2.45) is 0 Å². The molecule has 0 spiro atoms. The van der Waals surface area contributed by atoms with Gasteiger partial charge >= 0.3 is 5.97 Å². The largest absolute Gasteiger partial charge is 0.436 e. The van der Waals surface area contributed by atoms with Crippen LogP contribution in [0.3, 0.4) is 0 Å². The molecule has 11 nitrogen and oxygen atoms in total. The first-order chi connectivity index (χ1) is 15.2. The fourth-order valence-corrected chi connectivity index (χ4v) is 3.30. The lowest BCUT2D eigenvalue weighted by atomic mass is 10.0. The van der Waals surface area contributed by atoms with Gasteiger partial charge in [-0.2, -0.15) is 0 Å². The second kappa shape index (κ2) is 15.9. The Kier molecular flexibility index (Phi) is 14.4. The van der Waals surface area contributed by atoms with Crippen molar-refractivity contribution >= 4 is 5.97 Å². The van der Waals surface area contributed by atoms with Crippen LogP contribution < -0.4 is 0 Å². The van der Waals surface area contributed by atoms with Crippen molar-refractivity contribution in [3.63, 3.8) is 0 Å². The molecule has 0 bridgehead atoms. The number of carbonyl (C=O) groups excluding carboxylic acids is 1. The van der Waals surface area contributed by atoms with Gasteiger partial charge in [0.2, 0.25) is 6.29 Å². The van der Waals surface area contributed by atoms with E-state index in [1.165, 1.54) is 6.92 Å². The van der Waals surface area contributed by atoms with Gasteiger partial charge in [-0.15, -0.1) is 0 Å². The van der Waals surface area contributed by atoms with Crippen molar-refractivity contribution in [3.05, 3.63) is 0 Å². The van der Waals surface area contributed by atoms with Gasteiger partial charge in [0.1, 0.15) is 24.4 Å². The standard InChI is InChI=1S/C21H40O11/c1-13-15(24)10-16(25)21(30-13)29-9-7-5-3-4-6-8-19(27)32-14(2)31-18(12-23)20(28)17(26)11-22/h13-18,20-26,28H,3-12H2,1-2H3/t13?,14?,15-,16+,17+,18?,20?,21?/m1/s1. The number of hydrogen-bond acceptors (Lipinski definition) is 11. The van der Waals surface area contributed by atoms with Gasteiger partial charge in [0.05, 0.1) is 25.4 Å². The Labute approximate surface area is 188 Å². The normalized spacial score (nSPS) is 27.5. The number of aliphatic hydroxyl groups is 6. The molecule has 1 fully saturated rings. The summed E-state index contributed by atoms with van der Waals surface area (Å²) in [7, 11) is 0. The second-order valence-corrected chi connectivity index (χ2v) is 8.12. The summed E-state index contributed by atoms with van der Waals surface area (Å²) in [4.78, 5) is 11.9. The molecule has 0 aromatic rings. The van der Waals surface area contributed by atoms with E-state index >= 15 is 0 Å². The summed E-state index contributed by atoms with van der Waals surface area (Å²) in [6, 6.07) is 0. The van der Waals surface area contributed by atoms with E-state index < -0.39 is 62.3 Å². The Morgan fingerprint density at radius 2 is 1.69 bits per heavy atom. The van der Waals surface area contributed by atoms with Crippen molar-refractivity contribution in [1.29, 1.82) is 0 Å². The highest BCUT2D eigenvalue weighted by Gasteiger charge is 2.34. The minimum atomic E-state index is -1.52. The fraction of sp³-hybridized carbons (Fsp3) is 0.952. The van der Waals surface area contributed by atoms with Crippen LogP contribution in [0.2, 0.25) is 0 Å². The van der Waals surface area contributed by atoms with Crippen LogP contribution in [-0.4, -0.2) is 106 Å². The molecule has 0 amide bonds. The van der Waals surface area contributed by atoms with Crippen LogP contribution >= 0.6 is 0 Å². The van der Waals surface area contributed by atoms with Gasteiger partial charge in [-0.25, -0.2) is 0 Å². The minimum Gasteiger partial charge on any atom is -0.436 e. The highest BCUT2D eigenvalue weighted by atomic mass is 16.7. The molecule has 1 heterocycles. The maximum Gasteiger partial charge on any atom is 0.308 e. The van der Waals surface area contributed by atoms with E-state index in [4.69, 9.17) is 24.1 Å². The topological polar surface area (TPSA) is 175 Å². The van der Waals surface area contributed by atoms with Crippen LogP contribution in [0, 0.1) is 0 Å². The van der Waals surface area contributed by atoms with Crippen LogP contribution in [0.5, 0.6) is 0 Å². The summed E-state index contributed by atoms with van der Waals surface area (Å²) in [5.74, 6) is -0.477. The highest BCUT2D eigenvalue weighted by molar-refractivity contribution is 5.69. The third-order valence-corrected chi connectivity index (χ3v) is 5.30. The molecule has 6 N–H and O–H groups in total. The van der Waals surface area contributed by atoms with E-state index in [-0.39, 0.29) is 18.9 Å². The van der Waals surface area contributed by atoms with E-state index in [2.05, 4.69) is 0 Å². The summed E-state index contributed by atoms with van der Waals surface area (Å²) < 4.78 is 21.3. The summed E-state index contributed by atoms with van der Waals surface area (Å²) in [5, 5.41) is 56.7. The van der Waals surface area contributed by atoms with Gasteiger partial charge in [-0.05, 0) is 26.7 Å². The maximum atomic E-state index is 11.9. The molecule has 1 saturated heterocycles. The van der Waals surface area contributed by atoms with Crippen molar-refractivity contribution in [2.45, 2.75) is 108 Å². The van der Waals surface area contributed by atoms with E-state index in [1.54, 1.807) is 6.92 Å². The number of esters is 1. The Balaban J connectivity index is 2.08. The predicted octanol–water partition coefficient (Wildman–Crippen LogP) is -0.819. The van der Waals surface area contributed by atoms with E-state index in [9.17, 15) is 30.3 Å². The third kappa shape index (κ3) is 10.8. The number of hydrogen-bond donors (Lipinski definition) is 6. The van der Waals surface area contributed by atoms with E-state index in [0.717, 1.165) is 25.7 Å². The predicted molar refractivity (Wildman–Crippen MR) is 111 cm³/mol. The first-order valence-electron chi connectivity index (χ1n) is 11.3. The fourth-order valence-electron chi connectivity index (χ4n) is 3.30. The third-order valence-electron chi connectivity index (χ3n) is 5.30. The Morgan fingerprint density at radius 1 is 1.03 bits per heavy atom. The molecule has 32 heavy (non-hydrogen) atoms. The number of rotatable bonds is 16. The lowest BCUT2D eigenvalue weighted by molar-refractivity contribution is -0.261. The van der Waals surface area contributed by atoms with Crippen molar-refractivity contribution in [3.8, 4) is 0 Å². The molecule has 0 saturated carbocycles. The smallest absolute Gasteiger partial charge is 0.308 e. The zero-order valence-electron chi connectivity index (χ0n) is 18.9. The lowest BCUT2D eigenvalue weighted by Crippen LogP contribution is -2.47. The minimum absolute atomic E-state index is 0.193. The second-order valence-electron chi connectivity index (χ2n) is 8.12. The van der Waals surface area contributed by atoms with Gasteiger partial charge in [0.15, 0.2) is 6.29 Å². The van der Waals surface area contributed by atoms with E-state index in [0.29, 0.717) is 13.0 Å². The SMILES string of the molecule is CC(OC(=O)CCCCCCCOC1OC(C)[C@H](O)C[C@@H]1O)OC(CO)C(O)[C@@H](O)CO. The van der Waals surface area contributed by atoms with Gasteiger partial charge in [-0.1, -0.05) is 19.3 Å². The zero-order valence-corrected chi connectivity index (χ0v) is 18.9. The molecule has 0 radical (unpaired) electrons. The number of unbranched alkanes of at least 4 members (excludes halogenated alkanes) is 4. The maximum absolute atomic E-state index is 11.9. The molecule has 0 aliphatic carbocycles. The highest BCUT2D eigenvalue weighted by Crippen LogP contribution is 2.21. The van der Waals surface area contributed by atoms with Crippen LogP contribution in [0.4, 0.5) is 0 Å². The van der Waals surface area contributed by atoms with Crippen molar-refractivity contribution in [1.82, 2.24) is 0 Å². The van der Waals surface area contributed by atoms with Gasteiger partial charge in [0.25, 0.3) is 0 Å². The van der Waals surface area contributed by atoms with Gasteiger partial charge in [0, 0.05) is 19.4 Å². The van der Waals surface area contributed by atoms with Gasteiger partial charge in [-0.3, -0.25) is 4.79 Å².